The molecular weight excluding hydrogens is 236 g/mol. The number of aromatic nitrogens is 1. The molecule has 0 aliphatic heterocycles. The Morgan fingerprint density at radius 3 is 2.41 bits per heavy atom. The molecule has 0 radical (unpaired) electrons. The van der Waals surface area contributed by atoms with Crippen LogP contribution in [0, 0.1) is 13.8 Å². The number of hydrogen-bond acceptors (Lipinski definition) is 4. The number of likely N-dealkylation sites (N-methyl/N-ethyl adjacent to an activating group) is 1. The summed E-state index contributed by atoms with van der Waals surface area (Å²) in [4.78, 5) is 18.9. The molecule has 4 nitrogen and oxygen atoms in total. The highest BCUT2D eigenvalue weighted by molar-refractivity contribution is 7.13. The first-order chi connectivity index (χ1) is 7.74. The van der Waals surface area contributed by atoms with E-state index in [2.05, 4.69) is 4.98 Å². The Morgan fingerprint density at radius 2 is 2.06 bits per heavy atom. The average Bonchev–Trinajstić information content (AvgIpc) is 2.52. The molecule has 0 unspecified atom stereocenters. The minimum atomic E-state index is -0.876. The predicted molar refractivity (Wildman–Crippen MR) is 69.5 cm³/mol. The van der Waals surface area contributed by atoms with Crippen LogP contribution in [0.2, 0.25) is 0 Å². The van der Waals surface area contributed by atoms with Gasteiger partial charge in [-0.2, -0.15) is 0 Å². The van der Waals surface area contributed by atoms with E-state index in [0.717, 1.165) is 10.7 Å². The fourth-order valence-electron chi connectivity index (χ4n) is 1.67. The summed E-state index contributed by atoms with van der Waals surface area (Å²) in [6.07, 6.45) is 0. The number of rotatable bonds is 4. The lowest BCUT2D eigenvalue weighted by molar-refractivity contribution is 0.0316. The lowest BCUT2D eigenvalue weighted by Crippen LogP contribution is -2.42. The van der Waals surface area contributed by atoms with Gasteiger partial charge in [0, 0.05) is 13.1 Å². The second-order valence-corrected chi connectivity index (χ2v) is 5.98. The standard InChI is InChI=1S/C12H20N2O2S/c1-6-14(7-12(4,5)16)11(15)10-8(2)13-9(3)17-10/h16H,6-7H2,1-5H3. The van der Waals surface area contributed by atoms with Crippen molar-refractivity contribution in [1.29, 1.82) is 0 Å². The fraction of sp³-hybridized carbons (Fsp3) is 0.667. The second-order valence-electron chi connectivity index (χ2n) is 4.78. The summed E-state index contributed by atoms with van der Waals surface area (Å²) in [6.45, 7) is 9.96. The Balaban J connectivity index is 2.90. The third-order valence-electron chi connectivity index (χ3n) is 2.34. The first kappa shape index (κ1) is 14.1. The number of carbonyl (C=O) groups excluding carboxylic acids is 1. The molecule has 0 aliphatic carbocycles. The van der Waals surface area contributed by atoms with E-state index in [9.17, 15) is 9.90 Å². The summed E-state index contributed by atoms with van der Waals surface area (Å²) in [6, 6.07) is 0. The summed E-state index contributed by atoms with van der Waals surface area (Å²) in [7, 11) is 0. The van der Waals surface area contributed by atoms with E-state index in [4.69, 9.17) is 0 Å². The normalized spacial score (nSPS) is 11.6. The summed E-state index contributed by atoms with van der Waals surface area (Å²) >= 11 is 1.41. The van der Waals surface area contributed by atoms with Gasteiger partial charge in [0.05, 0.1) is 16.3 Å². The largest absolute Gasteiger partial charge is 0.389 e. The van der Waals surface area contributed by atoms with Crippen LogP contribution in [0.25, 0.3) is 0 Å². The topological polar surface area (TPSA) is 53.4 Å². The lowest BCUT2D eigenvalue weighted by Gasteiger charge is -2.27. The molecule has 0 saturated carbocycles. The molecule has 0 saturated heterocycles. The van der Waals surface area contributed by atoms with E-state index in [1.165, 1.54) is 11.3 Å². The van der Waals surface area contributed by atoms with E-state index in [1.807, 2.05) is 20.8 Å². The van der Waals surface area contributed by atoms with Crippen molar-refractivity contribution in [2.24, 2.45) is 0 Å². The fourth-order valence-corrected chi connectivity index (χ4v) is 2.56. The Kier molecular flexibility index (Phi) is 4.27. The average molecular weight is 256 g/mol. The highest BCUT2D eigenvalue weighted by Gasteiger charge is 2.24. The lowest BCUT2D eigenvalue weighted by atomic mass is 10.1. The van der Waals surface area contributed by atoms with Crippen LogP contribution in [0.5, 0.6) is 0 Å². The first-order valence-electron chi connectivity index (χ1n) is 5.70. The molecule has 5 heteroatoms. The van der Waals surface area contributed by atoms with Gasteiger partial charge in [-0.25, -0.2) is 4.98 Å². The van der Waals surface area contributed by atoms with Gasteiger partial charge in [0.2, 0.25) is 0 Å². The first-order valence-corrected chi connectivity index (χ1v) is 6.52. The SMILES string of the molecule is CCN(CC(C)(C)O)C(=O)c1sc(C)nc1C. The third kappa shape index (κ3) is 3.78. The quantitative estimate of drug-likeness (QED) is 0.896. The molecule has 1 rings (SSSR count). The van der Waals surface area contributed by atoms with Crippen molar-refractivity contribution >= 4 is 17.2 Å². The monoisotopic (exact) mass is 256 g/mol. The molecule has 1 N–H and O–H groups in total. The molecule has 0 atom stereocenters. The minimum absolute atomic E-state index is 0.0438. The van der Waals surface area contributed by atoms with Gasteiger partial charge < -0.3 is 10.0 Å². The summed E-state index contributed by atoms with van der Waals surface area (Å²) in [5.41, 5.74) is -0.106. The molecule has 96 valence electrons. The highest BCUT2D eigenvalue weighted by atomic mass is 32.1. The van der Waals surface area contributed by atoms with Crippen molar-refractivity contribution in [2.75, 3.05) is 13.1 Å². The summed E-state index contributed by atoms with van der Waals surface area (Å²) in [5, 5.41) is 10.7. The third-order valence-corrected chi connectivity index (χ3v) is 3.41. The van der Waals surface area contributed by atoms with Crippen LogP contribution in [0.4, 0.5) is 0 Å². The smallest absolute Gasteiger partial charge is 0.265 e. The van der Waals surface area contributed by atoms with Gasteiger partial charge in [0.1, 0.15) is 4.88 Å². The van der Waals surface area contributed by atoms with E-state index < -0.39 is 5.60 Å². The van der Waals surface area contributed by atoms with Crippen molar-refractivity contribution in [3.8, 4) is 0 Å². The maximum absolute atomic E-state index is 12.3. The number of carbonyl (C=O) groups is 1. The maximum atomic E-state index is 12.3. The molecule has 0 aliphatic rings. The predicted octanol–water partition coefficient (Wildman–Crippen LogP) is 1.99. The number of nitrogens with zero attached hydrogens (tertiary/aromatic N) is 2. The molecule has 17 heavy (non-hydrogen) atoms. The minimum Gasteiger partial charge on any atom is -0.389 e. The van der Waals surface area contributed by atoms with Gasteiger partial charge in [-0.1, -0.05) is 0 Å². The van der Waals surface area contributed by atoms with Crippen LogP contribution in [0.15, 0.2) is 0 Å². The second kappa shape index (κ2) is 5.14. The van der Waals surface area contributed by atoms with Crippen molar-refractivity contribution in [1.82, 2.24) is 9.88 Å². The van der Waals surface area contributed by atoms with Crippen molar-refractivity contribution in [3.63, 3.8) is 0 Å². The van der Waals surface area contributed by atoms with Gasteiger partial charge >= 0.3 is 0 Å². The van der Waals surface area contributed by atoms with Gasteiger partial charge in [0.15, 0.2) is 0 Å². The van der Waals surface area contributed by atoms with Crippen LogP contribution < -0.4 is 0 Å². The van der Waals surface area contributed by atoms with Crippen LogP contribution in [0.1, 0.15) is 41.1 Å². The molecule has 1 aromatic heterocycles. The number of aryl methyl sites for hydroxylation is 2. The molecule has 1 aromatic rings. The summed E-state index contributed by atoms with van der Waals surface area (Å²) in [5.74, 6) is -0.0438. The van der Waals surface area contributed by atoms with E-state index in [-0.39, 0.29) is 5.91 Å². The molecule has 1 heterocycles. The van der Waals surface area contributed by atoms with Crippen LogP contribution in [0.3, 0.4) is 0 Å². The number of thiazole rings is 1. The van der Waals surface area contributed by atoms with E-state index in [1.54, 1.807) is 18.7 Å². The Morgan fingerprint density at radius 1 is 1.47 bits per heavy atom. The maximum Gasteiger partial charge on any atom is 0.265 e. The van der Waals surface area contributed by atoms with Crippen LogP contribution >= 0.6 is 11.3 Å². The Labute approximate surface area is 106 Å². The van der Waals surface area contributed by atoms with Gasteiger partial charge in [-0.3, -0.25) is 4.79 Å². The Hall–Kier alpha value is -0.940. The molecule has 0 bridgehead atoms. The van der Waals surface area contributed by atoms with Gasteiger partial charge in [-0.05, 0) is 34.6 Å². The van der Waals surface area contributed by atoms with E-state index in [0.29, 0.717) is 18.0 Å². The zero-order valence-corrected chi connectivity index (χ0v) is 11.9. The molecule has 0 spiro atoms. The number of amides is 1. The highest BCUT2D eigenvalue weighted by Crippen LogP contribution is 2.20. The summed E-state index contributed by atoms with van der Waals surface area (Å²) < 4.78 is 0. The van der Waals surface area contributed by atoms with Crippen molar-refractivity contribution in [2.45, 2.75) is 40.2 Å². The molecule has 0 fully saturated rings. The zero-order chi connectivity index (χ0) is 13.2. The van der Waals surface area contributed by atoms with Crippen LogP contribution in [-0.4, -0.2) is 39.6 Å². The van der Waals surface area contributed by atoms with Crippen molar-refractivity contribution < 1.29 is 9.90 Å². The van der Waals surface area contributed by atoms with E-state index >= 15 is 0 Å². The Bertz CT molecular complexity index is 407. The van der Waals surface area contributed by atoms with Gasteiger partial charge in [-0.15, -0.1) is 11.3 Å². The molecule has 0 aromatic carbocycles. The van der Waals surface area contributed by atoms with Crippen LogP contribution in [-0.2, 0) is 0 Å². The molecule has 1 amide bonds. The molecular formula is C12H20N2O2S. The number of aliphatic hydroxyl groups is 1. The van der Waals surface area contributed by atoms with Crippen molar-refractivity contribution in [3.05, 3.63) is 15.6 Å². The zero-order valence-electron chi connectivity index (χ0n) is 11.1. The number of hydrogen-bond donors (Lipinski definition) is 1. The van der Waals surface area contributed by atoms with Gasteiger partial charge in [0.25, 0.3) is 5.91 Å².